The topological polar surface area (TPSA) is 85.7 Å². The van der Waals surface area contributed by atoms with E-state index in [1.807, 2.05) is 0 Å². The van der Waals surface area contributed by atoms with Gasteiger partial charge >= 0.3 is 0 Å². The van der Waals surface area contributed by atoms with E-state index in [1.54, 1.807) is 48.5 Å². The standard InChI is InChI=1S/C19H14ClFN4O3/c1-27-15-4-2-3-13(9-15)17(26)25-23-10-12-5-7-14(8-6-12)28-18-16(21)11-22-19(20)24-18/h2-11H,1H3,(H,25,26)/b23-10-. The van der Waals surface area contributed by atoms with Crippen LogP contribution in [0.2, 0.25) is 5.28 Å². The van der Waals surface area contributed by atoms with Gasteiger partial charge in [-0.2, -0.15) is 14.5 Å². The van der Waals surface area contributed by atoms with Crippen LogP contribution in [0.25, 0.3) is 0 Å². The molecule has 1 amide bonds. The van der Waals surface area contributed by atoms with Crippen molar-refractivity contribution < 1.29 is 18.7 Å². The maximum Gasteiger partial charge on any atom is 0.271 e. The highest BCUT2D eigenvalue weighted by molar-refractivity contribution is 6.28. The number of nitrogens with one attached hydrogen (secondary N) is 1. The SMILES string of the molecule is COc1cccc(C(=O)N/N=C\c2ccc(Oc3nc(Cl)ncc3F)cc2)c1. The van der Waals surface area contributed by atoms with Crippen molar-refractivity contribution in [1.29, 1.82) is 0 Å². The summed E-state index contributed by atoms with van der Waals surface area (Å²) in [6.45, 7) is 0. The molecule has 0 aliphatic heterocycles. The van der Waals surface area contributed by atoms with Gasteiger partial charge in [0.25, 0.3) is 11.8 Å². The van der Waals surface area contributed by atoms with Crippen molar-refractivity contribution in [2.24, 2.45) is 5.10 Å². The first-order chi connectivity index (χ1) is 13.5. The van der Waals surface area contributed by atoms with Crippen molar-refractivity contribution in [2.45, 2.75) is 0 Å². The van der Waals surface area contributed by atoms with Crippen LogP contribution in [0, 0.1) is 5.82 Å². The van der Waals surface area contributed by atoms with Crippen LogP contribution in [0.3, 0.4) is 0 Å². The number of hydrazone groups is 1. The summed E-state index contributed by atoms with van der Waals surface area (Å²) in [5.41, 5.74) is 3.55. The Morgan fingerprint density at radius 1 is 1.21 bits per heavy atom. The van der Waals surface area contributed by atoms with Gasteiger partial charge < -0.3 is 9.47 Å². The molecule has 0 saturated heterocycles. The first-order valence-corrected chi connectivity index (χ1v) is 8.36. The van der Waals surface area contributed by atoms with Crippen LogP contribution in [-0.4, -0.2) is 29.2 Å². The normalized spacial score (nSPS) is 10.7. The van der Waals surface area contributed by atoms with Crippen LogP contribution in [0.15, 0.2) is 59.8 Å². The Kier molecular flexibility index (Phi) is 6.13. The van der Waals surface area contributed by atoms with E-state index in [0.717, 1.165) is 6.20 Å². The lowest BCUT2D eigenvalue weighted by molar-refractivity contribution is 0.0955. The van der Waals surface area contributed by atoms with Gasteiger partial charge in [0.05, 0.1) is 19.5 Å². The largest absolute Gasteiger partial charge is 0.497 e. The zero-order valence-electron chi connectivity index (χ0n) is 14.6. The van der Waals surface area contributed by atoms with Crippen LogP contribution in [0.4, 0.5) is 4.39 Å². The molecule has 0 bridgehead atoms. The third-order valence-electron chi connectivity index (χ3n) is 3.49. The molecule has 0 unspecified atom stereocenters. The van der Waals surface area contributed by atoms with Gasteiger partial charge in [0.2, 0.25) is 11.1 Å². The second kappa shape index (κ2) is 8.92. The molecule has 7 nitrogen and oxygen atoms in total. The second-order valence-electron chi connectivity index (χ2n) is 5.39. The van der Waals surface area contributed by atoms with Crippen LogP contribution in [0.1, 0.15) is 15.9 Å². The minimum absolute atomic E-state index is 0.119. The average Bonchev–Trinajstić information content (AvgIpc) is 2.72. The fourth-order valence-electron chi connectivity index (χ4n) is 2.13. The lowest BCUT2D eigenvalue weighted by Gasteiger charge is -2.05. The monoisotopic (exact) mass is 400 g/mol. The molecule has 0 atom stereocenters. The Morgan fingerprint density at radius 3 is 2.75 bits per heavy atom. The van der Waals surface area contributed by atoms with Crippen LogP contribution in [-0.2, 0) is 0 Å². The van der Waals surface area contributed by atoms with Crippen molar-refractivity contribution in [1.82, 2.24) is 15.4 Å². The van der Waals surface area contributed by atoms with Gasteiger partial charge in [-0.05, 0) is 59.6 Å². The van der Waals surface area contributed by atoms with E-state index in [9.17, 15) is 9.18 Å². The van der Waals surface area contributed by atoms with Gasteiger partial charge in [0, 0.05) is 5.56 Å². The zero-order chi connectivity index (χ0) is 19.9. The van der Waals surface area contributed by atoms with Gasteiger partial charge in [-0.3, -0.25) is 4.79 Å². The lowest BCUT2D eigenvalue weighted by atomic mass is 10.2. The Morgan fingerprint density at radius 2 is 2.00 bits per heavy atom. The summed E-state index contributed by atoms with van der Waals surface area (Å²) in [4.78, 5) is 19.3. The van der Waals surface area contributed by atoms with Crippen molar-refractivity contribution in [3.8, 4) is 17.4 Å². The zero-order valence-corrected chi connectivity index (χ0v) is 15.4. The van der Waals surface area contributed by atoms with E-state index in [0.29, 0.717) is 22.6 Å². The Bertz CT molecular complexity index is 1010. The summed E-state index contributed by atoms with van der Waals surface area (Å²) in [6.07, 6.45) is 2.39. The Hall–Kier alpha value is -3.52. The summed E-state index contributed by atoms with van der Waals surface area (Å²) < 4.78 is 24.0. The van der Waals surface area contributed by atoms with Gasteiger partial charge in [-0.15, -0.1) is 0 Å². The molecule has 0 saturated carbocycles. The second-order valence-corrected chi connectivity index (χ2v) is 5.73. The molecule has 0 fully saturated rings. The lowest BCUT2D eigenvalue weighted by Crippen LogP contribution is -2.17. The predicted molar refractivity (Wildman–Crippen MR) is 102 cm³/mol. The van der Waals surface area contributed by atoms with Gasteiger partial charge in [-0.1, -0.05) is 6.07 Å². The summed E-state index contributed by atoms with van der Waals surface area (Å²) in [5.74, 6) is -0.437. The van der Waals surface area contributed by atoms with E-state index in [1.165, 1.54) is 13.3 Å². The van der Waals surface area contributed by atoms with Crippen LogP contribution < -0.4 is 14.9 Å². The fourth-order valence-corrected chi connectivity index (χ4v) is 2.26. The van der Waals surface area contributed by atoms with E-state index >= 15 is 0 Å². The smallest absolute Gasteiger partial charge is 0.271 e. The van der Waals surface area contributed by atoms with Gasteiger partial charge in [0.15, 0.2) is 0 Å². The molecule has 142 valence electrons. The maximum atomic E-state index is 13.6. The number of nitrogens with zero attached hydrogens (tertiary/aromatic N) is 3. The molecular formula is C19H14ClFN4O3. The van der Waals surface area contributed by atoms with Crippen molar-refractivity contribution >= 4 is 23.7 Å². The summed E-state index contributed by atoms with van der Waals surface area (Å²) in [6, 6.07) is 13.3. The summed E-state index contributed by atoms with van der Waals surface area (Å²) in [7, 11) is 1.52. The maximum absolute atomic E-state index is 13.6. The molecule has 1 heterocycles. The number of amides is 1. The molecule has 0 aliphatic rings. The number of methoxy groups -OCH3 is 1. The molecule has 1 N–H and O–H groups in total. The molecule has 2 aromatic carbocycles. The van der Waals surface area contributed by atoms with Crippen LogP contribution in [0.5, 0.6) is 17.4 Å². The molecule has 3 rings (SSSR count). The highest BCUT2D eigenvalue weighted by Crippen LogP contribution is 2.23. The van der Waals surface area contributed by atoms with Crippen molar-refractivity contribution in [2.75, 3.05) is 7.11 Å². The van der Waals surface area contributed by atoms with E-state index in [-0.39, 0.29) is 17.1 Å². The van der Waals surface area contributed by atoms with E-state index in [4.69, 9.17) is 21.1 Å². The first-order valence-electron chi connectivity index (χ1n) is 7.98. The summed E-state index contributed by atoms with van der Waals surface area (Å²) >= 11 is 5.62. The van der Waals surface area contributed by atoms with Crippen LogP contribution >= 0.6 is 11.6 Å². The average molecular weight is 401 g/mol. The number of benzene rings is 2. The van der Waals surface area contributed by atoms with Gasteiger partial charge in [0.1, 0.15) is 11.5 Å². The number of halogens is 2. The minimum Gasteiger partial charge on any atom is -0.497 e. The number of hydrogen-bond acceptors (Lipinski definition) is 6. The molecule has 9 heteroatoms. The molecular weight excluding hydrogens is 387 g/mol. The van der Waals surface area contributed by atoms with Crippen molar-refractivity contribution in [3.05, 3.63) is 77.0 Å². The number of carbonyl (C=O) groups excluding carboxylic acids is 1. The number of carbonyl (C=O) groups is 1. The highest BCUT2D eigenvalue weighted by atomic mass is 35.5. The molecule has 0 spiro atoms. The molecule has 0 aliphatic carbocycles. The molecule has 28 heavy (non-hydrogen) atoms. The van der Waals surface area contributed by atoms with Crippen molar-refractivity contribution in [3.63, 3.8) is 0 Å². The number of rotatable bonds is 6. The molecule has 3 aromatic rings. The quantitative estimate of drug-likeness (QED) is 0.386. The minimum atomic E-state index is -0.727. The third kappa shape index (κ3) is 5.01. The molecule has 1 aromatic heterocycles. The predicted octanol–water partition coefficient (Wildman–Crippen LogP) is 3.83. The van der Waals surface area contributed by atoms with E-state index < -0.39 is 5.82 Å². The third-order valence-corrected chi connectivity index (χ3v) is 3.67. The Labute approximate surface area is 164 Å². The van der Waals surface area contributed by atoms with Gasteiger partial charge in [-0.25, -0.2) is 10.4 Å². The number of ether oxygens (including phenoxy) is 2. The first kappa shape index (κ1) is 19.2. The Balaban J connectivity index is 1.60. The number of hydrogen-bond donors (Lipinski definition) is 1. The highest BCUT2D eigenvalue weighted by Gasteiger charge is 2.08. The summed E-state index contributed by atoms with van der Waals surface area (Å²) in [5, 5.41) is 3.79. The molecule has 0 radical (unpaired) electrons. The van der Waals surface area contributed by atoms with E-state index in [2.05, 4.69) is 20.5 Å². The number of aromatic nitrogens is 2. The fraction of sp³-hybridized carbons (Fsp3) is 0.0526.